The van der Waals surface area contributed by atoms with Gasteiger partial charge in [-0.1, -0.05) is 41.9 Å². The summed E-state index contributed by atoms with van der Waals surface area (Å²) in [6.45, 7) is 1.37. The zero-order valence-corrected chi connectivity index (χ0v) is 23.5. The van der Waals surface area contributed by atoms with Gasteiger partial charge in [-0.2, -0.15) is 17.6 Å². The van der Waals surface area contributed by atoms with Gasteiger partial charge in [0.05, 0.1) is 27.4 Å². The lowest BCUT2D eigenvalue weighted by molar-refractivity contribution is -0.137. The van der Waals surface area contributed by atoms with E-state index in [2.05, 4.69) is 4.40 Å². The molecule has 1 heterocycles. The smallest absolute Gasteiger partial charge is 0.265 e. The van der Waals surface area contributed by atoms with Crippen molar-refractivity contribution in [1.82, 2.24) is 0 Å². The molecular formula is C27H23ClF4N2O4S2. The molecule has 0 N–H and O–H groups in total. The molecule has 0 aromatic heterocycles. The van der Waals surface area contributed by atoms with Crippen LogP contribution in [-0.4, -0.2) is 35.9 Å². The number of benzene rings is 3. The van der Waals surface area contributed by atoms with Gasteiger partial charge in [-0.15, -0.1) is 0 Å². The molecule has 212 valence electrons. The van der Waals surface area contributed by atoms with E-state index in [1.165, 1.54) is 24.3 Å². The number of sulfonamides is 2. The molecule has 3 aromatic carbocycles. The quantitative estimate of drug-likeness (QED) is 0.181. The molecule has 0 bridgehead atoms. The predicted octanol–water partition coefficient (Wildman–Crippen LogP) is 6.46. The van der Waals surface area contributed by atoms with Crippen LogP contribution in [0.25, 0.3) is 11.6 Å². The van der Waals surface area contributed by atoms with Gasteiger partial charge in [0.15, 0.2) is 0 Å². The Bertz CT molecular complexity index is 1720. The van der Waals surface area contributed by atoms with Crippen molar-refractivity contribution < 1.29 is 34.4 Å². The minimum Gasteiger partial charge on any atom is -0.265 e. The summed E-state index contributed by atoms with van der Waals surface area (Å²) in [5, 5.41) is 0.188. The van der Waals surface area contributed by atoms with Crippen molar-refractivity contribution in [2.45, 2.75) is 24.4 Å². The van der Waals surface area contributed by atoms with Crippen LogP contribution in [0.1, 0.15) is 29.2 Å². The van der Waals surface area contributed by atoms with Gasteiger partial charge >= 0.3 is 6.18 Å². The van der Waals surface area contributed by atoms with Crippen molar-refractivity contribution in [1.29, 1.82) is 0 Å². The Balaban J connectivity index is 1.84. The summed E-state index contributed by atoms with van der Waals surface area (Å²) in [6.07, 6.45) is -0.910. The van der Waals surface area contributed by atoms with Crippen LogP contribution >= 0.6 is 11.6 Å². The van der Waals surface area contributed by atoms with Crippen molar-refractivity contribution >= 4 is 55.2 Å². The summed E-state index contributed by atoms with van der Waals surface area (Å²) in [4.78, 5) is -0.579. The minimum absolute atomic E-state index is 0.174. The second-order valence-corrected chi connectivity index (χ2v) is 13.3. The van der Waals surface area contributed by atoms with Crippen molar-refractivity contribution in [2.24, 2.45) is 10.3 Å². The molecule has 0 fully saturated rings. The van der Waals surface area contributed by atoms with E-state index in [0.717, 1.165) is 35.0 Å². The highest BCUT2D eigenvalue weighted by atomic mass is 35.5. The van der Waals surface area contributed by atoms with E-state index in [0.29, 0.717) is 22.8 Å². The number of nitrogens with zero attached hydrogens (tertiary/aromatic N) is 2. The van der Waals surface area contributed by atoms with Gasteiger partial charge in [0.25, 0.3) is 10.0 Å². The molecule has 4 rings (SSSR count). The number of halogens is 5. The highest BCUT2D eigenvalue weighted by molar-refractivity contribution is 7.92. The van der Waals surface area contributed by atoms with Gasteiger partial charge in [-0.05, 0) is 66.4 Å². The van der Waals surface area contributed by atoms with Crippen LogP contribution < -0.4 is 4.31 Å². The molecule has 0 saturated heterocycles. The molecule has 0 radical (unpaired) electrons. The van der Waals surface area contributed by atoms with E-state index in [1.807, 2.05) is 0 Å². The lowest BCUT2D eigenvalue weighted by atomic mass is 9.93. The second kappa shape index (κ2) is 11.0. The molecule has 3 aromatic rings. The Morgan fingerprint density at radius 2 is 1.75 bits per heavy atom. The highest BCUT2D eigenvalue weighted by Gasteiger charge is 2.36. The Morgan fingerprint density at radius 3 is 2.40 bits per heavy atom. The average molecular weight is 615 g/mol. The first-order valence-corrected chi connectivity index (χ1v) is 15.4. The van der Waals surface area contributed by atoms with Gasteiger partial charge in [0.2, 0.25) is 10.0 Å². The fourth-order valence-corrected chi connectivity index (χ4v) is 6.72. The Labute approximate surface area is 234 Å². The molecule has 1 atom stereocenters. The van der Waals surface area contributed by atoms with E-state index in [-0.39, 0.29) is 29.2 Å². The van der Waals surface area contributed by atoms with E-state index in [9.17, 15) is 34.4 Å². The molecule has 0 amide bonds. The fourth-order valence-electron chi connectivity index (χ4n) is 4.41. The molecule has 6 nitrogen and oxygen atoms in total. The highest BCUT2D eigenvalue weighted by Crippen LogP contribution is 2.37. The Morgan fingerprint density at radius 1 is 1.05 bits per heavy atom. The summed E-state index contributed by atoms with van der Waals surface area (Å²) in [6, 6.07) is 12.5. The monoisotopic (exact) mass is 614 g/mol. The first-order chi connectivity index (χ1) is 18.6. The number of anilines is 1. The van der Waals surface area contributed by atoms with Gasteiger partial charge in [-0.3, -0.25) is 4.31 Å². The molecule has 1 unspecified atom stereocenters. The number of fused-ring (bicyclic) bond motifs is 1. The minimum atomic E-state index is -4.76. The van der Waals surface area contributed by atoms with E-state index < -0.39 is 48.4 Å². The van der Waals surface area contributed by atoms with Crippen LogP contribution in [0, 0.1) is 11.7 Å². The van der Waals surface area contributed by atoms with Crippen LogP contribution in [0.5, 0.6) is 0 Å². The largest absolute Gasteiger partial charge is 0.416 e. The third-order valence-electron chi connectivity index (χ3n) is 6.21. The molecule has 1 aliphatic heterocycles. The van der Waals surface area contributed by atoms with Gasteiger partial charge in [-0.25, -0.2) is 21.2 Å². The van der Waals surface area contributed by atoms with Crippen molar-refractivity contribution in [3.63, 3.8) is 0 Å². The first kappa shape index (κ1) is 29.8. The van der Waals surface area contributed by atoms with E-state index in [4.69, 9.17) is 11.6 Å². The summed E-state index contributed by atoms with van der Waals surface area (Å²) >= 11 is 6.18. The fraction of sp³-hybridized carbons (Fsp3) is 0.222. The molecule has 13 heteroatoms. The van der Waals surface area contributed by atoms with Gasteiger partial charge in [0.1, 0.15) is 5.82 Å². The molecule has 40 heavy (non-hydrogen) atoms. The maximum absolute atomic E-state index is 14.5. The van der Waals surface area contributed by atoms with E-state index in [1.54, 1.807) is 25.1 Å². The Kier molecular flexibility index (Phi) is 8.17. The summed E-state index contributed by atoms with van der Waals surface area (Å²) < 4.78 is 110. The normalized spacial score (nSPS) is 16.8. The third-order valence-corrected chi connectivity index (χ3v) is 8.81. The van der Waals surface area contributed by atoms with Crippen LogP contribution in [0.3, 0.4) is 0 Å². The Hall–Kier alpha value is -3.22. The first-order valence-electron chi connectivity index (χ1n) is 11.8. The van der Waals surface area contributed by atoms with Gasteiger partial charge < -0.3 is 0 Å². The molecule has 1 aliphatic rings. The number of allylic oxidation sites excluding steroid dienone is 1. The van der Waals surface area contributed by atoms with Crippen molar-refractivity contribution in [2.75, 3.05) is 17.1 Å². The topological polar surface area (TPSA) is 83.9 Å². The van der Waals surface area contributed by atoms with Crippen molar-refractivity contribution in [3.8, 4) is 0 Å². The summed E-state index contributed by atoms with van der Waals surface area (Å²) in [5.74, 6) is -1.22. The maximum Gasteiger partial charge on any atom is 0.416 e. The van der Waals surface area contributed by atoms with Crippen LogP contribution in [0.2, 0.25) is 5.02 Å². The molecular weight excluding hydrogens is 592 g/mol. The zero-order valence-electron chi connectivity index (χ0n) is 21.2. The van der Waals surface area contributed by atoms with Crippen LogP contribution in [-0.2, 0) is 32.6 Å². The zero-order chi connectivity index (χ0) is 29.5. The van der Waals surface area contributed by atoms with Gasteiger partial charge in [0, 0.05) is 24.2 Å². The lowest BCUT2D eigenvalue weighted by Crippen LogP contribution is -2.40. The van der Waals surface area contributed by atoms with Crippen LogP contribution in [0.15, 0.2) is 70.0 Å². The molecule has 0 aliphatic carbocycles. The summed E-state index contributed by atoms with van der Waals surface area (Å²) in [7, 11) is -8.29. The average Bonchev–Trinajstić information content (AvgIpc) is 2.86. The third kappa shape index (κ3) is 6.56. The van der Waals surface area contributed by atoms with Crippen molar-refractivity contribution in [3.05, 3.63) is 93.8 Å². The second-order valence-electron chi connectivity index (χ2n) is 9.33. The number of alkyl halides is 3. The number of hydrogen-bond acceptors (Lipinski definition) is 4. The lowest BCUT2D eigenvalue weighted by Gasteiger charge is -2.34. The molecule has 0 spiro atoms. The van der Waals surface area contributed by atoms with Crippen LogP contribution in [0.4, 0.5) is 23.2 Å². The summed E-state index contributed by atoms with van der Waals surface area (Å²) in [5.41, 5.74) is 0.697. The SMILES string of the molecule is C/C(=C\c1ccc2c(c1)N(S(=O)(=O)c1cccc(C(F)(F)F)c1)CC(C=NS(C)(=O)=O)C2)c1c(F)cccc1Cl. The van der Waals surface area contributed by atoms with E-state index >= 15 is 0 Å². The number of hydrogen-bond donors (Lipinski definition) is 0. The maximum atomic E-state index is 14.5. The molecule has 0 saturated carbocycles. The number of rotatable bonds is 6. The standard InChI is InChI=1S/C27H23ClF4N2O4S2/c1-17(26-23(28)7-4-8-24(26)29)11-18-9-10-20-12-19(15-33-39(2,35)36)16-34(25(20)13-18)40(37,38)22-6-3-5-21(14-22)27(30,31)32/h3-11,13-15,19H,12,16H2,1-2H3/b17-11+,33-15?. The predicted molar refractivity (Wildman–Crippen MR) is 148 cm³/mol.